The van der Waals surface area contributed by atoms with Crippen molar-refractivity contribution in [3.05, 3.63) is 41.5 Å². The molecule has 1 atom stereocenters. The summed E-state index contributed by atoms with van der Waals surface area (Å²) >= 11 is 0. The molecule has 0 saturated heterocycles. The number of fused-ring (bicyclic) bond motifs is 1. The van der Waals surface area contributed by atoms with Gasteiger partial charge < -0.3 is 15.2 Å². The maximum absolute atomic E-state index is 14.0. The second-order valence-electron chi connectivity index (χ2n) is 7.43. The average Bonchev–Trinajstić information content (AvgIpc) is 3.30. The van der Waals surface area contributed by atoms with Crippen LogP contribution in [-0.4, -0.2) is 32.6 Å². The zero-order valence-corrected chi connectivity index (χ0v) is 15.3. The number of anilines is 1. The van der Waals surface area contributed by atoms with Crippen LogP contribution in [0.4, 0.5) is 14.5 Å². The topological polar surface area (TPSA) is 88.9 Å². The third kappa shape index (κ3) is 3.74. The Kier molecular flexibility index (Phi) is 5.06. The number of hydrogen-bond acceptors (Lipinski definition) is 4. The molecule has 4 rings (SSSR count). The molecule has 2 N–H and O–H groups in total. The van der Waals surface area contributed by atoms with E-state index in [1.54, 1.807) is 4.57 Å². The monoisotopic (exact) mass is 389 g/mol. The first kappa shape index (κ1) is 18.5. The van der Waals surface area contributed by atoms with E-state index >= 15 is 0 Å². The summed E-state index contributed by atoms with van der Waals surface area (Å²) in [5.74, 6) is -1.93. The van der Waals surface area contributed by atoms with Crippen LogP contribution in [-0.2, 0) is 17.8 Å². The molecule has 2 aliphatic rings. The fraction of sp³-hybridized carbons (Fsp3) is 0.474. The van der Waals surface area contributed by atoms with Gasteiger partial charge in [0.15, 0.2) is 0 Å². The van der Waals surface area contributed by atoms with Crippen molar-refractivity contribution in [2.75, 3.05) is 5.32 Å². The van der Waals surface area contributed by atoms with Gasteiger partial charge in [0.05, 0.1) is 5.69 Å². The summed E-state index contributed by atoms with van der Waals surface area (Å²) in [5.41, 5.74) is 0.333. The molecule has 1 fully saturated rings. The lowest BCUT2D eigenvalue weighted by molar-refractivity contribution is -0.118. The van der Waals surface area contributed by atoms with Crippen LogP contribution in [0, 0.1) is 17.6 Å². The highest BCUT2D eigenvalue weighted by Crippen LogP contribution is 2.27. The first-order chi connectivity index (χ1) is 13.5. The molecule has 9 heteroatoms. The molecular weight excluding hydrogens is 368 g/mol. The number of carbonyl (C=O) groups is 2. The Morgan fingerprint density at radius 2 is 2.04 bits per heavy atom. The number of aromatic nitrogens is 3. The molecule has 1 aromatic carbocycles. The molecule has 1 aliphatic carbocycles. The Hall–Kier alpha value is -2.84. The van der Waals surface area contributed by atoms with Gasteiger partial charge in [-0.3, -0.25) is 9.59 Å². The minimum Gasteiger partial charge on any atom is -0.337 e. The maximum Gasteiger partial charge on any atom is 0.289 e. The van der Waals surface area contributed by atoms with Gasteiger partial charge in [0.2, 0.25) is 11.7 Å². The summed E-state index contributed by atoms with van der Waals surface area (Å²) in [6.07, 6.45) is 6.61. The summed E-state index contributed by atoms with van der Waals surface area (Å²) in [6.45, 7) is 0.669. The van der Waals surface area contributed by atoms with Crippen LogP contribution >= 0.6 is 0 Å². The molecule has 7 nitrogen and oxygen atoms in total. The molecular formula is C19H21F2N5O2. The quantitative estimate of drug-likeness (QED) is 0.841. The molecule has 1 unspecified atom stereocenters. The molecule has 1 aliphatic heterocycles. The van der Waals surface area contributed by atoms with E-state index in [9.17, 15) is 18.4 Å². The normalized spacial score (nSPS) is 19.8. The first-order valence-corrected chi connectivity index (χ1v) is 9.48. The van der Waals surface area contributed by atoms with Crippen molar-refractivity contribution < 1.29 is 18.4 Å². The minimum absolute atomic E-state index is 0.0347. The highest BCUT2D eigenvalue weighted by atomic mass is 19.1. The fourth-order valence-corrected chi connectivity index (χ4v) is 4.00. The number of carbonyl (C=O) groups excluding carboxylic acids is 2. The van der Waals surface area contributed by atoms with E-state index in [2.05, 4.69) is 20.8 Å². The van der Waals surface area contributed by atoms with Gasteiger partial charge in [-0.05, 0) is 43.2 Å². The highest BCUT2D eigenvalue weighted by molar-refractivity contribution is 6.00. The Balaban J connectivity index is 1.46. The van der Waals surface area contributed by atoms with Crippen molar-refractivity contribution in [3.8, 4) is 0 Å². The van der Waals surface area contributed by atoms with Gasteiger partial charge in [0, 0.05) is 12.6 Å². The summed E-state index contributed by atoms with van der Waals surface area (Å²) in [4.78, 5) is 25.1. The predicted octanol–water partition coefficient (Wildman–Crippen LogP) is 2.43. The third-order valence-corrected chi connectivity index (χ3v) is 5.46. The van der Waals surface area contributed by atoms with E-state index in [-0.39, 0.29) is 24.4 Å². The van der Waals surface area contributed by atoms with E-state index in [1.807, 2.05) is 0 Å². The van der Waals surface area contributed by atoms with Crippen LogP contribution < -0.4 is 10.6 Å². The zero-order chi connectivity index (χ0) is 19.7. The van der Waals surface area contributed by atoms with Crippen LogP contribution in [0.1, 0.15) is 48.3 Å². The van der Waals surface area contributed by atoms with E-state index in [1.165, 1.54) is 25.2 Å². The Bertz CT molecular complexity index is 908. The second kappa shape index (κ2) is 7.65. The summed E-state index contributed by atoms with van der Waals surface area (Å²) in [6, 6.07) is 1.05. The van der Waals surface area contributed by atoms with Crippen molar-refractivity contribution in [2.45, 2.75) is 51.1 Å². The second-order valence-corrected chi connectivity index (χ2v) is 7.43. The molecule has 2 heterocycles. The lowest BCUT2D eigenvalue weighted by Gasteiger charge is -2.16. The standard InChI is InChI=1S/C19H21F2N5O2/c20-13-7-12-5-6-15(18(27)24-16(12)14(21)8-13)23-19(28)17-25-22-10-26(17)9-11-3-1-2-4-11/h7-8,10-11,15H,1-6,9H2,(H,23,28)(H,24,27). The summed E-state index contributed by atoms with van der Waals surface area (Å²) in [5, 5.41) is 12.8. The first-order valence-electron chi connectivity index (χ1n) is 9.48. The van der Waals surface area contributed by atoms with E-state index in [4.69, 9.17) is 0 Å². The van der Waals surface area contributed by atoms with Crippen molar-refractivity contribution in [1.29, 1.82) is 0 Å². The van der Waals surface area contributed by atoms with Gasteiger partial charge >= 0.3 is 0 Å². The van der Waals surface area contributed by atoms with Gasteiger partial charge in [-0.25, -0.2) is 8.78 Å². The van der Waals surface area contributed by atoms with Crippen LogP contribution in [0.2, 0.25) is 0 Å². The van der Waals surface area contributed by atoms with Crippen LogP contribution in [0.15, 0.2) is 18.5 Å². The van der Waals surface area contributed by atoms with Gasteiger partial charge in [0.25, 0.3) is 5.91 Å². The third-order valence-electron chi connectivity index (χ3n) is 5.46. The van der Waals surface area contributed by atoms with E-state index < -0.39 is 29.5 Å². The van der Waals surface area contributed by atoms with Crippen LogP contribution in [0.5, 0.6) is 0 Å². The fourth-order valence-electron chi connectivity index (χ4n) is 4.00. The van der Waals surface area contributed by atoms with Crippen LogP contribution in [0.3, 0.4) is 0 Å². The average molecular weight is 389 g/mol. The van der Waals surface area contributed by atoms with Crippen molar-refractivity contribution in [3.63, 3.8) is 0 Å². The lowest BCUT2D eigenvalue weighted by Crippen LogP contribution is -2.44. The van der Waals surface area contributed by atoms with Gasteiger partial charge in [-0.2, -0.15) is 0 Å². The smallest absolute Gasteiger partial charge is 0.289 e. The molecule has 1 aromatic heterocycles. The van der Waals surface area contributed by atoms with Gasteiger partial charge in [-0.15, -0.1) is 10.2 Å². The molecule has 2 aromatic rings. The van der Waals surface area contributed by atoms with E-state index in [0.29, 0.717) is 18.0 Å². The minimum atomic E-state index is -0.876. The lowest BCUT2D eigenvalue weighted by atomic mass is 10.1. The van der Waals surface area contributed by atoms with E-state index in [0.717, 1.165) is 18.9 Å². The molecule has 0 spiro atoms. The largest absolute Gasteiger partial charge is 0.337 e. The number of nitrogens with one attached hydrogen (secondary N) is 2. The number of halogens is 2. The molecule has 28 heavy (non-hydrogen) atoms. The molecule has 0 radical (unpaired) electrons. The summed E-state index contributed by atoms with van der Waals surface area (Å²) < 4.78 is 29.1. The number of hydrogen-bond donors (Lipinski definition) is 2. The highest BCUT2D eigenvalue weighted by Gasteiger charge is 2.29. The summed E-state index contributed by atoms with van der Waals surface area (Å²) in [7, 11) is 0. The van der Waals surface area contributed by atoms with Crippen molar-refractivity contribution in [1.82, 2.24) is 20.1 Å². The predicted molar refractivity (Wildman–Crippen MR) is 96.5 cm³/mol. The number of rotatable bonds is 4. The number of nitrogens with zero attached hydrogens (tertiary/aromatic N) is 3. The number of benzene rings is 1. The zero-order valence-electron chi connectivity index (χ0n) is 15.3. The Morgan fingerprint density at radius 3 is 2.82 bits per heavy atom. The van der Waals surface area contributed by atoms with Crippen LogP contribution in [0.25, 0.3) is 0 Å². The van der Waals surface area contributed by atoms with Crippen molar-refractivity contribution in [2.24, 2.45) is 5.92 Å². The molecule has 1 saturated carbocycles. The SMILES string of the molecule is O=C(NC1CCc2cc(F)cc(F)c2NC1=O)c1nncn1CC1CCCC1. The number of amides is 2. The molecule has 2 amide bonds. The molecule has 148 valence electrons. The Labute approximate surface area is 160 Å². The Morgan fingerprint density at radius 1 is 1.25 bits per heavy atom. The number of aryl methyl sites for hydroxylation is 1. The van der Waals surface area contributed by atoms with Gasteiger partial charge in [-0.1, -0.05) is 12.8 Å². The van der Waals surface area contributed by atoms with Crippen molar-refractivity contribution >= 4 is 17.5 Å². The molecule has 0 bridgehead atoms. The van der Waals surface area contributed by atoms with Gasteiger partial charge in [0.1, 0.15) is 24.0 Å². The maximum atomic E-state index is 14.0.